The van der Waals surface area contributed by atoms with Crippen molar-refractivity contribution in [3.63, 3.8) is 0 Å². The SMILES string of the molecule is Cn1c(C(C)(C)C)ccc(C(=O)CCS(=O)O)c1=O. The van der Waals surface area contributed by atoms with Gasteiger partial charge in [-0.05, 0) is 12.1 Å². The van der Waals surface area contributed by atoms with Crippen LogP contribution in [0.15, 0.2) is 16.9 Å². The van der Waals surface area contributed by atoms with Gasteiger partial charge in [-0.15, -0.1) is 0 Å². The molecule has 0 radical (unpaired) electrons. The molecule has 1 rings (SSSR count). The second-order valence-corrected chi connectivity index (χ2v) is 6.50. The molecule has 1 heterocycles. The number of carbonyl (C=O) groups excluding carboxylic acids is 1. The van der Waals surface area contributed by atoms with Crippen molar-refractivity contribution in [3.8, 4) is 0 Å². The van der Waals surface area contributed by atoms with E-state index in [1.807, 2.05) is 20.8 Å². The zero-order valence-corrected chi connectivity index (χ0v) is 12.4. The van der Waals surface area contributed by atoms with E-state index in [0.29, 0.717) is 0 Å². The molecule has 0 saturated heterocycles. The number of hydrogen-bond donors (Lipinski definition) is 1. The normalized spacial score (nSPS) is 13.3. The summed E-state index contributed by atoms with van der Waals surface area (Å²) in [4.78, 5) is 24.0. The summed E-state index contributed by atoms with van der Waals surface area (Å²) < 4.78 is 20.7. The third-order valence-electron chi connectivity index (χ3n) is 2.88. The molecule has 0 saturated carbocycles. The topological polar surface area (TPSA) is 76.4 Å². The van der Waals surface area contributed by atoms with Crippen LogP contribution in [0.2, 0.25) is 0 Å². The standard InChI is InChI=1S/C13H19NO4S/c1-13(2,3)11-6-5-9(12(16)14(11)4)10(15)7-8-19(17)18/h5-6H,7-8H2,1-4H3,(H,17,18). The number of Topliss-reactive ketones (excluding diaryl/α,β-unsaturated/α-hetero) is 1. The summed E-state index contributed by atoms with van der Waals surface area (Å²) in [6.45, 7) is 5.95. The maximum absolute atomic E-state index is 12.1. The fourth-order valence-electron chi connectivity index (χ4n) is 1.92. The number of ketones is 1. The molecule has 0 amide bonds. The van der Waals surface area contributed by atoms with Crippen LogP contribution in [0.4, 0.5) is 0 Å². The lowest BCUT2D eigenvalue weighted by Crippen LogP contribution is -2.31. The van der Waals surface area contributed by atoms with Crippen molar-refractivity contribution in [1.29, 1.82) is 0 Å². The fraction of sp³-hybridized carbons (Fsp3) is 0.538. The predicted octanol–water partition coefficient (Wildman–Crippen LogP) is 1.48. The van der Waals surface area contributed by atoms with Crippen LogP contribution in [0.1, 0.15) is 43.2 Å². The summed E-state index contributed by atoms with van der Waals surface area (Å²) >= 11 is -2.02. The molecule has 6 heteroatoms. The van der Waals surface area contributed by atoms with Crippen LogP contribution in [0, 0.1) is 0 Å². The maximum Gasteiger partial charge on any atom is 0.261 e. The van der Waals surface area contributed by atoms with E-state index in [1.54, 1.807) is 13.1 Å². The Labute approximate surface area is 114 Å². The average molecular weight is 285 g/mol. The van der Waals surface area contributed by atoms with Crippen molar-refractivity contribution in [1.82, 2.24) is 4.57 Å². The lowest BCUT2D eigenvalue weighted by Gasteiger charge is -2.22. The molecule has 106 valence electrons. The largest absolute Gasteiger partial charge is 0.315 e. The highest BCUT2D eigenvalue weighted by Crippen LogP contribution is 2.20. The van der Waals surface area contributed by atoms with Gasteiger partial charge < -0.3 is 9.12 Å². The zero-order chi connectivity index (χ0) is 14.8. The summed E-state index contributed by atoms with van der Waals surface area (Å²) in [7, 11) is 1.63. The Kier molecular flexibility index (Phi) is 4.81. The Morgan fingerprint density at radius 3 is 2.42 bits per heavy atom. The van der Waals surface area contributed by atoms with E-state index in [9.17, 15) is 13.8 Å². The first-order valence-electron chi connectivity index (χ1n) is 5.95. The van der Waals surface area contributed by atoms with Crippen molar-refractivity contribution in [2.45, 2.75) is 32.6 Å². The van der Waals surface area contributed by atoms with E-state index in [0.717, 1.165) is 5.69 Å². The van der Waals surface area contributed by atoms with Crippen LogP contribution in [0.25, 0.3) is 0 Å². The van der Waals surface area contributed by atoms with Crippen LogP contribution in [-0.2, 0) is 23.5 Å². The van der Waals surface area contributed by atoms with Crippen LogP contribution in [0.5, 0.6) is 0 Å². The number of aromatic nitrogens is 1. The highest BCUT2D eigenvalue weighted by atomic mass is 32.2. The minimum atomic E-state index is -2.02. The summed E-state index contributed by atoms with van der Waals surface area (Å²) in [5.41, 5.74) is 0.351. The van der Waals surface area contributed by atoms with Gasteiger partial charge >= 0.3 is 0 Å². The smallest absolute Gasteiger partial charge is 0.261 e. The Bertz CT molecular complexity index is 569. The minimum absolute atomic E-state index is 0.0703. The quantitative estimate of drug-likeness (QED) is 0.671. The number of pyridine rings is 1. The highest BCUT2D eigenvalue weighted by molar-refractivity contribution is 7.79. The van der Waals surface area contributed by atoms with Gasteiger partial charge in [0.1, 0.15) is 0 Å². The van der Waals surface area contributed by atoms with E-state index in [2.05, 4.69) is 0 Å². The van der Waals surface area contributed by atoms with Gasteiger partial charge in [0.25, 0.3) is 5.56 Å². The van der Waals surface area contributed by atoms with E-state index >= 15 is 0 Å². The molecule has 1 aromatic heterocycles. The van der Waals surface area contributed by atoms with Crippen molar-refractivity contribution >= 4 is 16.9 Å². The second kappa shape index (κ2) is 5.79. The number of nitrogens with zero attached hydrogens (tertiary/aromatic N) is 1. The third kappa shape index (κ3) is 3.84. The number of rotatable bonds is 4. The fourth-order valence-corrected chi connectivity index (χ4v) is 2.28. The summed E-state index contributed by atoms with van der Waals surface area (Å²) in [5.74, 6) is -0.549. The highest BCUT2D eigenvalue weighted by Gasteiger charge is 2.20. The Balaban J connectivity index is 3.14. The van der Waals surface area contributed by atoms with Gasteiger partial charge in [0, 0.05) is 24.6 Å². The third-order valence-corrected chi connectivity index (χ3v) is 3.43. The molecule has 0 spiro atoms. The lowest BCUT2D eigenvalue weighted by molar-refractivity contribution is 0.0986. The lowest BCUT2D eigenvalue weighted by atomic mass is 9.90. The Morgan fingerprint density at radius 2 is 1.95 bits per heavy atom. The van der Waals surface area contributed by atoms with Gasteiger partial charge in [-0.1, -0.05) is 20.8 Å². The molecule has 5 nitrogen and oxygen atoms in total. The van der Waals surface area contributed by atoms with Crippen LogP contribution in [-0.4, -0.2) is 24.9 Å². The van der Waals surface area contributed by atoms with Crippen LogP contribution < -0.4 is 5.56 Å². The minimum Gasteiger partial charge on any atom is -0.315 e. The monoisotopic (exact) mass is 285 g/mol. The molecule has 1 unspecified atom stereocenters. The molecule has 0 aromatic carbocycles. The molecule has 1 atom stereocenters. The molecule has 0 bridgehead atoms. The maximum atomic E-state index is 12.1. The van der Waals surface area contributed by atoms with Crippen molar-refractivity contribution < 1.29 is 13.6 Å². The van der Waals surface area contributed by atoms with Gasteiger partial charge in [0.15, 0.2) is 16.9 Å². The van der Waals surface area contributed by atoms with E-state index in [4.69, 9.17) is 4.55 Å². The van der Waals surface area contributed by atoms with E-state index in [1.165, 1.54) is 10.6 Å². The Morgan fingerprint density at radius 1 is 1.37 bits per heavy atom. The molecule has 0 aliphatic rings. The zero-order valence-electron chi connectivity index (χ0n) is 11.6. The van der Waals surface area contributed by atoms with Gasteiger partial charge in [-0.2, -0.15) is 0 Å². The van der Waals surface area contributed by atoms with Gasteiger partial charge in [0.05, 0.1) is 11.3 Å². The Hall–Kier alpha value is -1.27. The first-order chi connectivity index (χ1) is 8.64. The first-order valence-corrected chi connectivity index (χ1v) is 7.23. The number of hydrogen-bond acceptors (Lipinski definition) is 3. The molecule has 0 aliphatic carbocycles. The molecule has 1 N–H and O–H groups in total. The average Bonchev–Trinajstić information content (AvgIpc) is 2.27. The predicted molar refractivity (Wildman–Crippen MR) is 75.0 cm³/mol. The molecule has 0 aliphatic heterocycles. The van der Waals surface area contributed by atoms with Gasteiger partial charge in [-0.3, -0.25) is 9.59 Å². The van der Waals surface area contributed by atoms with E-state index in [-0.39, 0.29) is 28.7 Å². The van der Waals surface area contributed by atoms with E-state index < -0.39 is 16.9 Å². The first kappa shape index (κ1) is 15.8. The number of carbonyl (C=O) groups is 1. The molecule has 0 fully saturated rings. The molecular weight excluding hydrogens is 266 g/mol. The summed E-state index contributed by atoms with van der Waals surface area (Å²) in [6.07, 6.45) is -0.104. The van der Waals surface area contributed by atoms with Crippen molar-refractivity contribution in [2.75, 3.05) is 5.75 Å². The van der Waals surface area contributed by atoms with Crippen molar-refractivity contribution in [2.24, 2.45) is 7.05 Å². The van der Waals surface area contributed by atoms with Crippen LogP contribution >= 0.6 is 0 Å². The van der Waals surface area contributed by atoms with Gasteiger partial charge in [0.2, 0.25) is 0 Å². The van der Waals surface area contributed by atoms with Crippen LogP contribution in [0.3, 0.4) is 0 Å². The summed E-state index contributed by atoms with van der Waals surface area (Å²) in [6, 6.07) is 3.26. The van der Waals surface area contributed by atoms with Gasteiger partial charge in [-0.25, -0.2) is 4.21 Å². The second-order valence-electron chi connectivity index (χ2n) is 5.45. The summed E-state index contributed by atoms with van der Waals surface area (Å²) in [5, 5.41) is 0. The molecular formula is C13H19NO4S. The molecule has 19 heavy (non-hydrogen) atoms. The molecule has 1 aromatic rings. The van der Waals surface area contributed by atoms with Crippen molar-refractivity contribution in [3.05, 3.63) is 33.7 Å².